The van der Waals surface area contributed by atoms with Crippen LogP contribution in [-0.2, 0) is 4.79 Å². The van der Waals surface area contributed by atoms with Gasteiger partial charge in [-0.15, -0.1) is 0 Å². The number of amides is 1. The summed E-state index contributed by atoms with van der Waals surface area (Å²) in [4.78, 5) is 12.2. The highest BCUT2D eigenvalue weighted by Gasteiger charge is 2.34. The second kappa shape index (κ2) is 5.95. The van der Waals surface area contributed by atoms with Gasteiger partial charge in [-0.3, -0.25) is 4.79 Å². The van der Waals surface area contributed by atoms with E-state index >= 15 is 0 Å². The second-order valence-corrected chi connectivity index (χ2v) is 6.29. The van der Waals surface area contributed by atoms with Gasteiger partial charge in [0.1, 0.15) is 17.1 Å². The van der Waals surface area contributed by atoms with Crippen LogP contribution in [-0.4, -0.2) is 23.3 Å². The third kappa shape index (κ3) is 3.64. The second-order valence-electron chi connectivity index (χ2n) is 6.29. The summed E-state index contributed by atoms with van der Waals surface area (Å²) in [5.74, 6) is 1.55. The van der Waals surface area contributed by atoms with E-state index < -0.39 is 0 Å². The molecule has 0 aliphatic carbocycles. The fraction of sp³-hybridized carbons (Fsp3) is 0.412. The van der Waals surface area contributed by atoms with Crippen molar-refractivity contribution in [3.05, 3.63) is 41.7 Å². The van der Waals surface area contributed by atoms with Crippen molar-refractivity contribution < 1.29 is 18.8 Å². The van der Waals surface area contributed by atoms with Gasteiger partial charge in [-0.25, -0.2) is 0 Å². The van der Waals surface area contributed by atoms with Crippen molar-refractivity contribution in [3.63, 3.8) is 0 Å². The Labute approximate surface area is 134 Å². The molecule has 2 heterocycles. The van der Waals surface area contributed by atoms with Crippen molar-refractivity contribution in [2.45, 2.75) is 38.8 Å². The lowest BCUT2D eigenvalue weighted by atomic mass is 9.90. The van der Waals surface area contributed by atoms with Gasteiger partial charge in [0.15, 0.2) is 6.61 Å². The first-order chi connectivity index (χ1) is 10.9. The molecule has 23 heavy (non-hydrogen) atoms. The van der Waals surface area contributed by atoms with Crippen LogP contribution in [0.25, 0.3) is 0 Å². The average molecular weight is 316 g/mol. The largest absolute Gasteiger partial charge is 0.487 e. The first kappa shape index (κ1) is 15.4. The minimum absolute atomic E-state index is 0.105. The number of hydrogen-bond donors (Lipinski definition) is 1. The number of rotatable bonds is 4. The molecule has 1 aromatic heterocycles. The van der Waals surface area contributed by atoms with Gasteiger partial charge in [-0.2, -0.15) is 0 Å². The maximum atomic E-state index is 12.2. The number of benzene rings is 1. The van der Waals surface area contributed by atoms with Gasteiger partial charge < -0.3 is 19.3 Å². The number of nitrogens with zero attached hydrogens (tertiary/aromatic N) is 1. The number of para-hydroxylation sites is 1. The van der Waals surface area contributed by atoms with E-state index in [2.05, 4.69) is 10.5 Å². The minimum atomic E-state index is -0.337. The van der Waals surface area contributed by atoms with Gasteiger partial charge in [-0.05, 0) is 32.0 Å². The lowest BCUT2D eigenvalue weighted by molar-refractivity contribution is -0.124. The van der Waals surface area contributed by atoms with E-state index in [4.69, 9.17) is 14.0 Å². The van der Waals surface area contributed by atoms with Crippen LogP contribution in [0.3, 0.4) is 0 Å². The van der Waals surface area contributed by atoms with Gasteiger partial charge in [0.25, 0.3) is 11.8 Å². The smallest absolute Gasteiger partial charge is 0.258 e. The molecule has 0 radical (unpaired) electrons. The van der Waals surface area contributed by atoms with Crippen LogP contribution in [0.15, 0.2) is 34.9 Å². The van der Waals surface area contributed by atoms with Gasteiger partial charge in [-0.1, -0.05) is 18.2 Å². The summed E-state index contributed by atoms with van der Waals surface area (Å²) in [5, 5.41) is 6.70. The van der Waals surface area contributed by atoms with Crippen LogP contribution in [0.4, 0.5) is 0 Å². The number of aromatic nitrogens is 1. The number of nitrogens with one attached hydrogen (secondary N) is 1. The molecule has 0 saturated heterocycles. The predicted octanol–water partition coefficient (Wildman–Crippen LogP) is 2.78. The Balaban J connectivity index is 1.65. The molecule has 0 unspecified atom stereocenters. The molecule has 122 valence electrons. The van der Waals surface area contributed by atoms with Gasteiger partial charge in [0, 0.05) is 18.1 Å². The Morgan fingerprint density at radius 3 is 2.96 bits per heavy atom. The molecule has 0 spiro atoms. The quantitative estimate of drug-likeness (QED) is 0.939. The number of carbonyl (C=O) groups is 1. The monoisotopic (exact) mass is 316 g/mol. The first-order valence-corrected chi connectivity index (χ1v) is 7.56. The molecule has 3 rings (SSSR count). The Morgan fingerprint density at radius 1 is 1.43 bits per heavy atom. The fourth-order valence-corrected chi connectivity index (χ4v) is 2.72. The zero-order chi connectivity index (χ0) is 16.4. The van der Waals surface area contributed by atoms with Crippen LogP contribution < -0.4 is 14.8 Å². The predicted molar refractivity (Wildman–Crippen MR) is 83.4 cm³/mol. The molecule has 1 amide bonds. The van der Waals surface area contributed by atoms with Crippen molar-refractivity contribution in [1.82, 2.24) is 10.5 Å². The zero-order valence-corrected chi connectivity index (χ0v) is 13.5. The molecule has 1 atom stereocenters. The fourth-order valence-electron chi connectivity index (χ4n) is 2.72. The van der Waals surface area contributed by atoms with Crippen LogP contribution in [0.1, 0.15) is 37.6 Å². The molecule has 0 bridgehead atoms. The van der Waals surface area contributed by atoms with E-state index in [0.29, 0.717) is 18.1 Å². The minimum Gasteiger partial charge on any atom is -0.487 e. The number of carbonyl (C=O) groups excluding carboxylic acids is 1. The SMILES string of the molecule is Cc1cc(OCC(=O)N[C@@H]2CC(C)(C)Oc3ccccc32)no1. The third-order valence-corrected chi connectivity index (χ3v) is 3.67. The zero-order valence-electron chi connectivity index (χ0n) is 13.5. The van der Waals surface area contributed by atoms with Crippen molar-refractivity contribution in [2.75, 3.05) is 6.61 Å². The summed E-state index contributed by atoms with van der Waals surface area (Å²) < 4.78 is 16.2. The summed E-state index contributed by atoms with van der Waals surface area (Å²) in [6, 6.07) is 9.29. The normalized spacial score (nSPS) is 18.7. The standard InChI is InChI=1S/C17H20N2O4/c1-11-8-16(19-23-11)21-10-15(20)18-13-9-17(2,3)22-14-7-5-4-6-12(13)14/h4-8,13H,9-10H2,1-3H3,(H,18,20)/t13-/m1/s1. The summed E-state index contributed by atoms with van der Waals surface area (Å²) >= 11 is 0. The lowest BCUT2D eigenvalue weighted by Gasteiger charge is -2.37. The summed E-state index contributed by atoms with van der Waals surface area (Å²) in [5.41, 5.74) is 0.647. The molecular formula is C17H20N2O4. The van der Waals surface area contributed by atoms with Crippen LogP contribution in [0, 0.1) is 6.92 Å². The maximum Gasteiger partial charge on any atom is 0.258 e. The Hall–Kier alpha value is -2.50. The van der Waals surface area contributed by atoms with Gasteiger partial charge in [0.2, 0.25) is 0 Å². The average Bonchev–Trinajstić information content (AvgIpc) is 2.90. The Morgan fingerprint density at radius 2 is 2.22 bits per heavy atom. The van der Waals surface area contributed by atoms with E-state index in [-0.39, 0.29) is 24.2 Å². The van der Waals surface area contributed by atoms with Gasteiger partial charge >= 0.3 is 0 Å². The summed E-state index contributed by atoms with van der Waals surface area (Å²) in [6.45, 7) is 5.68. The molecular weight excluding hydrogens is 296 g/mol. The van der Waals surface area contributed by atoms with Crippen molar-refractivity contribution in [1.29, 1.82) is 0 Å². The number of fused-ring (bicyclic) bond motifs is 1. The van der Waals surface area contributed by atoms with Gasteiger partial charge in [0.05, 0.1) is 6.04 Å². The third-order valence-electron chi connectivity index (χ3n) is 3.67. The highest BCUT2D eigenvalue weighted by Crippen LogP contribution is 2.39. The van der Waals surface area contributed by atoms with Crippen molar-refractivity contribution in [2.24, 2.45) is 0 Å². The topological polar surface area (TPSA) is 73.6 Å². The molecule has 1 aliphatic heterocycles. The molecule has 6 nitrogen and oxygen atoms in total. The van der Waals surface area contributed by atoms with E-state index in [1.807, 2.05) is 38.1 Å². The maximum absolute atomic E-state index is 12.2. The van der Waals surface area contributed by atoms with Crippen LogP contribution >= 0.6 is 0 Å². The lowest BCUT2D eigenvalue weighted by Crippen LogP contribution is -2.42. The Bertz CT molecular complexity index is 708. The molecule has 1 aromatic carbocycles. The number of aryl methyl sites for hydroxylation is 1. The molecule has 1 aliphatic rings. The van der Waals surface area contributed by atoms with Crippen LogP contribution in [0.5, 0.6) is 11.6 Å². The molecule has 2 aromatic rings. The molecule has 0 fully saturated rings. The Kier molecular flexibility index (Phi) is 3.98. The molecule has 6 heteroatoms. The van der Waals surface area contributed by atoms with Crippen molar-refractivity contribution >= 4 is 5.91 Å². The highest BCUT2D eigenvalue weighted by atomic mass is 16.5. The van der Waals surface area contributed by atoms with Crippen LogP contribution in [0.2, 0.25) is 0 Å². The van der Waals surface area contributed by atoms with E-state index in [0.717, 1.165) is 11.3 Å². The van der Waals surface area contributed by atoms with E-state index in [1.54, 1.807) is 13.0 Å². The van der Waals surface area contributed by atoms with E-state index in [1.165, 1.54) is 0 Å². The summed E-state index contributed by atoms with van der Waals surface area (Å²) in [6.07, 6.45) is 0.693. The molecule has 1 N–H and O–H groups in total. The highest BCUT2D eigenvalue weighted by molar-refractivity contribution is 5.78. The first-order valence-electron chi connectivity index (χ1n) is 7.56. The summed E-state index contributed by atoms with van der Waals surface area (Å²) in [7, 11) is 0. The number of hydrogen-bond acceptors (Lipinski definition) is 5. The van der Waals surface area contributed by atoms with Crippen molar-refractivity contribution in [3.8, 4) is 11.6 Å². The molecule has 0 saturated carbocycles. The van der Waals surface area contributed by atoms with E-state index in [9.17, 15) is 4.79 Å². The number of ether oxygens (including phenoxy) is 2.